The minimum absolute atomic E-state index is 0.260. The summed E-state index contributed by atoms with van der Waals surface area (Å²) in [6, 6.07) is 5.95. The van der Waals surface area contributed by atoms with E-state index in [0.717, 1.165) is 34.5 Å². The molecule has 0 saturated heterocycles. The minimum Gasteiger partial charge on any atom is -0.496 e. The van der Waals surface area contributed by atoms with Gasteiger partial charge in [0, 0.05) is 10.9 Å². The SMILES string of the molecule is COc1ccc(Br)cc1CC(O)CCC1CCCC1. The number of ether oxygens (including phenoxy) is 1. The first-order valence-corrected chi connectivity index (χ1v) is 7.99. The average molecular weight is 327 g/mol. The van der Waals surface area contributed by atoms with Crippen molar-refractivity contribution >= 4 is 15.9 Å². The normalized spacial score (nSPS) is 17.6. The number of aliphatic hydroxyl groups excluding tert-OH is 1. The van der Waals surface area contributed by atoms with Gasteiger partial charge in [-0.15, -0.1) is 0 Å². The first-order chi connectivity index (χ1) is 9.19. The molecule has 0 spiro atoms. The summed E-state index contributed by atoms with van der Waals surface area (Å²) in [7, 11) is 1.68. The Balaban J connectivity index is 1.86. The third-order valence-corrected chi connectivity index (χ3v) is 4.57. The van der Waals surface area contributed by atoms with Crippen molar-refractivity contribution in [3.05, 3.63) is 28.2 Å². The van der Waals surface area contributed by atoms with E-state index in [1.807, 2.05) is 18.2 Å². The van der Waals surface area contributed by atoms with Gasteiger partial charge in [0.15, 0.2) is 0 Å². The summed E-state index contributed by atoms with van der Waals surface area (Å²) in [4.78, 5) is 0. The van der Waals surface area contributed by atoms with Crippen LogP contribution >= 0.6 is 15.9 Å². The highest BCUT2D eigenvalue weighted by molar-refractivity contribution is 9.10. The lowest BCUT2D eigenvalue weighted by molar-refractivity contribution is 0.154. The van der Waals surface area contributed by atoms with Crippen LogP contribution in [-0.2, 0) is 6.42 Å². The maximum Gasteiger partial charge on any atom is 0.122 e. The van der Waals surface area contributed by atoms with Crippen molar-refractivity contribution < 1.29 is 9.84 Å². The molecule has 1 atom stereocenters. The molecule has 1 N–H and O–H groups in total. The van der Waals surface area contributed by atoms with Gasteiger partial charge in [0.25, 0.3) is 0 Å². The van der Waals surface area contributed by atoms with E-state index in [1.54, 1.807) is 7.11 Å². The lowest BCUT2D eigenvalue weighted by Crippen LogP contribution is -2.13. The lowest BCUT2D eigenvalue weighted by Gasteiger charge is -2.16. The van der Waals surface area contributed by atoms with Crippen molar-refractivity contribution in [1.29, 1.82) is 0 Å². The Morgan fingerprint density at radius 2 is 2.11 bits per heavy atom. The average Bonchev–Trinajstić information content (AvgIpc) is 2.90. The summed E-state index contributed by atoms with van der Waals surface area (Å²) < 4.78 is 6.38. The highest BCUT2D eigenvalue weighted by Crippen LogP contribution is 2.30. The molecular weight excluding hydrogens is 304 g/mol. The van der Waals surface area contributed by atoms with Crippen LogP contribution in [0.2, 0.25) is 0 Å². The molecule has 1 aliphatic rings. The van der Waals surface area contributed by atoms with E-state index in [1.165, 1.54) is 25.7 Å². The van der Waals surface area contributed by atoms with Crippen molar-refractivity contribution in [2.45, 2.75) is 51.0 Å². The van der Waals surface area contributed by atoms with Crippen LogP contribution in [0.1, 0.15) is 44.1 Å². The van der Waals surface area contributed by atoms with Crippen molar-refractivity contribution in [3.8, 4) is 5.75 Å². The second kappa shape index (κ2) is 7.30. The molecule has 3 heteroatoms. The smallest absolute Gasteiger partial charge is 0.122 e. The zero-order valence-electron chi connectivity index (χ0n) is 11.6. The lowest BCUT2D eigenvalue weighted by atomic mass is 9.96. The number of benzene rings is 1. The fourth-order valence-electron chi connectivity index (χ4n) is 2.99. The quantitative estimate of drug-likeness (QED) is 0.843. The molecule has 2 rings (SSSR count). The number of halogens is 1. The third kappa shape index (κ3) is 4.50. The van der Waals surface area contributed by atoms with E-state index in [2.05, 4.69) is 15.9 Å². The van der Waals surface area contributed by atoms with E-state index in [0.29, 0.717) is 6.42 Å². The second-order valence-electron chi connectivity index (χ2n) is 5.54. The molecule has 106 valence electrons. The predicted octanol–water partition coefficient (Wildman–Crippen LogP) is 4.33. The zero-order valence-corrected chi connectivity index (χ0v) is 13.2. The number of hydrogen-bond acceptors (Lipinski definition) is 2. The van der Waals surface area contributed by atoms with E-state index in [9.17, 15) is 5.11 Å². The van der Waals surface area contributed by atoms with Gasteiger partial charge < -0.3 is 9.84 Å². The maximum absolute atomic E-state index is 10.2. The van der Waals surface area contributed by atoms with Crippen molar-refractivity contribution in [2.75, 3.05) is 7.11 Å². The molecule has 0 aromatic heterocycles. The summed E-state index contributed by atoms with van der Waals surface area (Å²) in [6.07, 6.45) is 7.94. The van der Waals surface area contributed by atoms with Crippen LogP contribution < -0.4 is 4.74 Å². The summed E-state index contributed by atoms with van der Waals surface area (Å²) in [5, 5.41) is 10.2. The summed E-state index contributed by atoms with van der Waals surface area (Å²) in [6.45, 7) is 0. The predicted molar refractivity (Wildman–Crippen MR) is 81.6 cm³/mol. The first kappa shape index (κ1) is 14.9. The van der Waals surface area contributed by atoms with Crippen LogP contribution in [0, 0.1) is 5.92 Å². The molecule has 1 saturated carbocycles. The van der Waals surface area contributed by atoms with E-state index in [4.69, 9.17) is 4.74 Å². The van der Waals surface area contributed by atoms with E-state index in [-0.39, 0.29) is 6.10 Å². The second-order valence-corrected chi connectivity index (χ2v) is 6.46. The van der Waals surface area contributed by atoms with Crippen molar-refractivity contribution in [3.63, 3.8) is 0 Å². The van der Waals surface area contributed by atoms with Crippen LogP contribution in [0.25, 0.3) is 0 Å². The first-order valence-electron chi connectivity index (χ1n) is 7.19. The van der Waals surface area contributed by atoms with Gasteiger partial charge >= 0.3 is 0 Å². The summed E-state index contributed by atoms with van der Waals surface area (Å²) in [5.74, 6) is 1.71. The van der Waals surface area contributed by atoms with Gasteiger partial charge in [-0.2, -0.15) is 0 Å². The monoisotopic (exact) mass is 326 g/mol. The highest BCUT2D eigenvalue weighted by Gasteiger charge is 2.17. The Bertz CT molecular complexity index is 400. The summed E-state index contributed by atoms with van der Waals surface area (Å²) >= 11 is 3.47. The molecule has 1 aliphatic carbocycles. The van der Waals surface area contributed by atoms with Gasteiger partial charge in [0.2, 0.25) is 0 Å². The molecule has 0 radical (unpaired) electrons. The topological polar surface area (TPSA) is 29.5 Å². The molecular formula is C16H23BrO2. The highest BCUT2D eigenvalue weighted by atomic mass is 79.9. The molecule has 2 nitrogen and oxygen atoms in total. The van der Waals surface area contributed by atoms with E-state index >= 15 is 0 Å². The van der Waals surface area contributed by atoms with Crippen LogP contribution in [0.15, 0.2) is 22.7 Å². The standard InChI is InChI=1S/C16H23BrO2/c1-19-16-9-7-14(17)10-13(16)11-15(18)8-6-12-4-2-3-5-12/h7,9-10,12,15,18H,2-6,8,11H2,1H3. The molecule has 1 fully saturated rings. The molecule has 0 aliphatic heterocycles. The van der Waals surface area contributed by atoms with Crippen molar-refractivity contribution in [2.24, 2.45) is 5.92 Å². The summed E-state index contributed by atoms with van der Waals surface area (Å²) in [5.41, 5.74) is 1.08. The Labute approximate surface area is 124 Å². The Morgan fingerprint density at radius 1 is 1.37 bits per heavy atom. The largest absolute Gasteiger partial charge is 0.496 e. The fraction of sp³-hybridized carbons (Fsp3) is 0.625. The van der Waals surface area contributed by atoms with Gasteiger partial charge in [-0.25, -0.2) is 0 Å². The van der Waals surface area contributed by atoms with Crippen LogP contribution in [-0.4, -0.2) is 18.3 Å². The number of methoxy groups -OCH3 is 1. The van der Waals surface area contributed by atoms with Gasteiger partial charge in [0.05, 0.1) is 13.2 Å². The van der Waals surface area contributed by atoms with Gasteiger partial charge in [-0.1, -0.05) is 41.6 Å². The van der Waals surface area contributed by atoms with Crippen LogP contribution in [0.5, 0.6) is 5.75 Å². The molecule has 0 amide bonds. The molecule has 0 bridgehead atoms. The third-order valence-electron chi connectivity index (χ3n) is 4.08. The molecule has 1 unspecified atom stereocenters. The zero-order chi connectivity index (χ0) is 13.7. The molecule has 19 heavy (non-hydrogen) atoms. The number of rotatable bonds is 6. The van der Waals surface area contributed by atoms with Gasteiger partial charge in [0.1, 0.15) is 5.75 Å². The van der Waals surface area contributed by atoms with Gasteiger partial charge in [-0.05, 0) is 42.5 Å². The molecule has 0 heterocycles. The molecule has 1 aromatic carbocycles. The number of hydrogen-bond donors (Lipinski definition) is 1. The maximum atomic E-state index is 10.2. The van der Waals surface area contributed by atoms with Gasteiger partial charge in [-0.3, -0.25) is 0 Å². The van der Waals surface area contributed by atoms with E-state index < -0.39 is 0 Å². The van der Waals surface area contributed by atoms with Crippen LogP contribution in [0.4, 0.5) is 0 Å². The molecule has 1 aromatic rings. The Hall–Kier alpha value is -0.540. The Morgan fingerprint density at radius 3 is 2.79 bits per heavy atom. The Kier molecular flexibility index (Phi) is 5.71. The minimum atomic E-state index is -0.260. The van der Waals surface area contributed by atoms with Crippen molar-refractivity contribution in [1.82, 2.24) is 0 Å². The van der Waals surface area contributed by atoms with Crippen LogP contribution in [0.3, 0.4) is 0 Å². The fourth-order valence-corrected chi connectivity index (χ4v) is 3.40. The number of aliphatic hydroxyl groups is 1.